The van der Waals surface area contributed by atoms with Gasteiger partial charge in [-0.1, -0.05) is 18.2 Å². The topological polar surface area (TPSA) is 79.5 Å². The number of hydrogen-bond donors (Lipinski definition) is 2. The Kier molecular flexibility index (Phi) is 5.50. The van der Waals surface area contributed by atoms with Gasteiger partial charge in [0.15, 0.2) is 12.5 Å². The van der Waals surface area contributed by atoms with Gasteiger partial charge in [-0.25, -0.2) is 0 Å². The van der Waals surface area contributed by atoms with Crippen LogP contribution in [0.5, 0.6) is 5.75 Å². The van der Waals surface area contributed by atoms with E-state index in [1.54, 1.807) is 0 Å². The van der Waals surface area contributed by atoms with Crippen LogP contribution in [0.25, 0.3) is 0 Å². The van der Waals surface area contributed by atoms with Gasteiger partial charge >= 0.3 is 0 Å². The molecule has 1 amide bonds. The van der Waals surface area contributed by atoms with E-state index in [1.165, 1.54) is 4.90 Å². The lowest BCUT2D eigenvalue weighted by molar-refractivity contribution is -0.928. The fourth-order valence-electron chi connectivity index (χ4n) is 3.11. The molecule has 1 aliphatic rings. The monoisotopic (exact) mass is 362 g/mol. The maximum absolute atomic E-state index is 11.3. The molecular weight excluding hydrogens is 338 g/mol. The van der Waals surface area contributed by atoms with Crippen LogP contribution in [0.3, 0.4) is 0 Å². The number of ether oxygens (including phenoxy) is 1. The molecule has 3 rings (SSSR count). The lowest BCUT2D eigenvalue weighted by atomic mass is 9.97. The molecule has 0 atom stereocenters. The SMILES string of the molecule is Cn1c(COc2ccccc2)nn(C[NH+]2CCC(C(N)=O)CC2)c1=S. The van der Waals surface area contributed by atoms with E-state index in [-0.39, 0.29) is 11.8 Å². The van der Waals surface area contributed by atoms with Crippen molar-refractivity contribution >= 4 is 18.1 Å². The zero-order valence-electron chi connectivity index (χ0n) is 14.4. The summed E-state index contributed by atoms with van der Waals surface area (Å²) >= 11 is 5.50. The van der Waals surface area contributed by atoms with E-state index in [2.05, 4.69) is 5.10 Å². The Labute approximate surface area is 152 Å². The molecule has 134 valence electrons. The number of piperidine rings is 1. The summed E-state index contributed by atoms with van der Waals surface area (Å²) < 4.78 is 10.2. The van der Waals surface area contributed by atoms with Crippen LogP contribution in [-0.4, -0.2) is 33.3 Å². The summed E-state index contributed by atoms with van der Waals surface area (Å²) in [6.45, 7) is 2.88. The minimum atomic E-state index is -0.186. The van der Waals surface area contributed by atoms with Gasteiger partial charge in [-0.3, -0.25) is 4.79 Å². The van der Waals surface area contributed by atoms with Crippen LogP contribution in [0.15, 0.2) is 30.3 Å². The molecule has 1 fully saturated rings. The molecule has 1 saturated heterocycles. The Morgan fingerprint density at radius 3 is 2.68 bits per heavy atom. The van der Waals surface area contributed by atoms with Crippen LogP contribution < -0.4 is 15.4 Å². The van der Waals surface area contributed by atoms with Crippen molar-refractivity contribution in [2.45, 2.75) is 26.1 Å². The maximum atomic E-state index is 11.3. The molecule has 0 saturated carbocycles. The van der Waals surface area contributed by atoms with E-state index in [9.17, 15) is 4.79 Å². The first-order valence-corrected chi connectivity index (χ1v) is 8.89. The maximum Gasteiger partial charge on any atom is 0.220 e. The molecule has 0 bridgehead atoms. The molecule has 0 unspecified atom stereocenters. The number of carbonyl (C=O) groups is 1. The lowest BCUT2D eigenvalue weighted by Crippen LogP contribution is -3.12. The molecule has 2 heterocycles. The number of quaternary nitrogens is 1. The Bertz CT molecular complexity index is 778. The summed E-state index contributed by atoms with van der Waals surface area (Å²) in [5, 5.41) is 4.61. The number of nitrogens with two attached hydrogens (primary N) is 1. The highest BCUT2D eigenvalue weighted by molar-refractivity contribution is 7.71. The molecule has 7 nitrogen and oxygen atoms in total. The Morgan fingerprint density at radius 2 is 2.04 bits per heavy atom. The standard InChI is InChI=1S/C17H23N5O2S/c1-20-15(11-24-14-5-3-2-4-6-14)19-22(17(20)25)12-21-9-7-13(8-10-21)16(18)23/h2-6,13H,7-12H2,1H3,(H2,18,23)/p+1. The predicted molar refractivity (Wildman–Crippen MR) is 95.4 cm³/mol. The smallest absolute Gasteiger partial charge is 0.220 e. The molecule has 0 aliphatic carbocycles. The number of para-hydroxylation sites is 1. The Hall–Kier alpha value is -2.19. The van der Waals surface area contributed by atoms with Gasteiger partial charge in [-0.05, 0) is 24.4 Å². The number of hydrogen-bond acceptors (Lipinski definition) is 4. The third kappa shape index (κ3) is 4.26. The zero-order valence-corrected chi connectivity index (χ0v) is 15.2. The van der Waals surface area contributed by atoms with Crippen molar-refractivity contribution in [2.75, 3.05) is 13.1 Å². The van der Waals surface area contributed by atoms with E-state index in [0.29, 0.717) is 18.0 Å². The average molecular weight is 362 g/mol. The number of carbonyl (C=O) groups excluding carboxylic acids is 1. The summed E-state index contributed by atoms with van der Waals surface area (Å²) in [5.41, 5.74) is 5.39. The molecule has 3 N–H and O–H groups in total. The third-order valence-corrected chi connectivity index (χ3v) is 5.20. The van der Waals surface area contributed by atoms with Crippen LogP contribution in [0.4, 0.5) is 0 Å². The quantitative estimate of drug-likeness (QED) is 0.723. The molecule has 0 spiro atoms. The zero-order chi connectivity index (χ0) is 17.8. The van der Waals surface area contributed by atoms with E-state index in [0.717, 1.165) is 37.5 Å². The van der Waals surface area contributed by atoms with Gasteiger partial charge in [-0.2, -0.15) is 4.68 Å². The average Bonchev–Trinajstić information content (AvgIpc) is 2.89. The van der Waals surface area contributed by atoms with Crippen LogP contribution in [0.2, 0.25) is 0 Å². The van der Waals surface area contributed by atoms with Crippen molar-refractivity contribution in [1.82, 2.24) is 14.3 Å². The first-order chi connectivity index (χ1) is 12.0. The van der Waals surface area contributed by atoms with Crippen molar-refractivity contribution in [3.05, 3.63) is 40.9 Å². The second-order valence-electron chi connectivity index (χ2n) is 6.44. The Balaban J connectivity index is 1.61. The van der Waals surface area contributed by atoms with Crippen molar-refractivity contribution < 1.29 is 14.4 Å². The highest BCUT2D eigenvalue weighted by Crippen LogP contribution is 2.11. The van der Waals surface area contributed by atoms with Crippen molar-refractivity contribution in [3.8, 4) is 5.75 Å². The summed E-state index contributed by atoms with van der Waals surface area (Å²) in [7, 11) is 1.91. The number of rotatable bonds is 6. The molecule has 8 heteroatoms. The number of likely N-dealkylation sites (tertiary alicyclic amines) is 1. The van der Waals surface area contributed by atoms with Crippen molar-refractivity contribution in [1.29, 1.82) is 0 Å². The van der Waals surface area contributed by atoms with Gasteiger partial charge in [0.05, 0.1) is 13.1 Å². The number of primary amides is 1. The lowest BCUT2D eigenvalue weighted by Gasteiger charge is -2.27. The summed E-state index contributed by atoms with van der Waals surface area (Å²) in [6, 6.07) is 9.65. The third-order valence-electron chi connectivity index (χ3n) is 4.71. The number of benzene rings is 1. The molecule has 25 heavy (non-hydrogen) atoms. The number of nitrogens with zero attached hydrogens (tertiary/aromatic N) is 3. The molecule has 1 aliphatic heterocycles. The molecular formula is C17H24N5O2S+. The second-order valence-corrected chi connectivity index (χ2v) is 6.81. The van der Waals surface area contributed by atoms with Gasteiger partial charge in [0, 0.05) is 25.8 Å². The predicted octanol–water partition coefficient (Wildman–Crippen LogP) is 0.268. The molecule has 2 aromatic rings. The Morgan fingerprint density at radius 1 is 1.36 bits per heavy atom. The van der Waals surface area contributed by atoms with Crippen LogP contribution >= 0.6 is 12.2 Å². The van der Waals surface area contributed by atoms with Gasteiger partial charge in [0.1, 0.15) is 12.4 Å². The first-order valence-electron chi connectivity index (χ1n) is 8.48. The number of aromatic nitrogens is 3. The van der Waals surface area contributed by atoms with E-state index < -0.39 is 0 Å². The van der Waals surface area contributed by atoms with Gasteiger partial charge in [-0.15, -0.1) is 5.10 Å². The van der Waals surface area contributed by atoms with E-state index in [4.69, 9.17) is 22.7 Å². The number of nitrogens with one attached hydrogen (secondary N) is 1. The summed E-state index contributed by atoms with van der Waals surface area (Å²) in [6.07, 6.45) is 1.66. The molecule has 1 aromatic heterocycles. The summed E-state index contributed by atoms with van der Waals surface area (Å²) in [5.74, 6) is 1.42. The molecule has 0 radical (unpaired) electrons. The fraction of sp³-hybridized carbons (Fsp3) is 0.471. The summed E-state index contributed by atoms with van der Waals surface area (Å²) in [4.78, 5) is 12.6. The van der Waals surface area contributed by atoms with Crippen LogP contribution in [0.1, 0.15) is 18.7 Å². The highest BCUT2D eigenvalue weighted by Gasteiger charge is 2.26. The van der Waals surface area contributed by atoms with Crippen LogP contribution in [-0.2, 0) is 25.1 Å². The van der Waals surface area contributed by atoms with Crippen LogP contribution in [0, 0.1) is 10.7 Å². The van der Waals surface area contributed by atoms with E-state index >= 15 is 0 Å². The largest absolute Gasteiger partial charge is 0.486 e. The first kappa shape index (κ1) is 17.6. The van der Waals surface area contributed by atoms with Crippen molar-refractivity contribution in [3.63, 3.8) is 0 Å². The highest BCUT2D eigenvalue weighted by atomic mass is 32.1. The van der Waals surface area contributed by atoms with Gasteiger partial charge in [0.2, 0.25) is 10.7 Å². The normalized spacial score (nSPS) is 20.4. The van der Waals surface area contributed by atoms with Gasteiger partial charge < -0.3 is 19.9 Å². The van der Waals surface area contributed by atoms with E-state index in [1.807, 2.05) is 46.6 Å². The van der Waals surface area contributed by atoms with Crippen molar-refractivity contribution in [2.24, 2.45) is 18.7 Å². The van der Waals surface area contributed by atoms with Gasteiger partial charge in [0.25, 0.3) is 0 Å². The fourth-order valence-corrected chi connectivity index (χ4v) is 3.32. The number of amides is 1. The minimum Gasteiger partial charge on any atom is -0.486 e. The minimum absolute atomic E-state index is 0.00953. The second kappa shape index (κ2) is 7.79. The molecule has 1 aromatic carbocycles.